The molecular formula is C19H28N2O. The number of hydrogen-bond acceptors (Lipinski definition) is 2. The number of anilines is 1. The van der Waals surface area contributed by atoms with Gasteiger partial charge in [0.2, 0.25) is 5.91 Å². The van der Waals surface area contributed by atoms with Crippen LogP contribution < -0.4 is 5.32 Å². The molecule has 0 unspecified atom stereocenters. The van der Waals surface area contributed by atoms with Crippen molar-refractivity contribution in [3.63, 3.8) is 0 Å². The first-order valence-corrected chi connectivity index (χ1v) is 8.56. The highest BCUT2D eigenvalue weighted by Crippen LogP contribution is 2.12. The van der Waals surface area contributed by atoms with Crippen LogP contribution in [0.15, 0.2) is 24.3 Å². The largest absolute Gasteiger partial charge is 0.326 e. The second-order valence-electron chi connectivity index (χ2n) is 5.82. The molecule has 0 spiro atoms. The van der Waals surface area contributed by atoms with Crippen molar-refractivity contribution in [1.82, 2.24) is 0 Å². The minimum absolute atomic E-state index is 0.0626. The maximum absolute atomic E-state index is 11.8. The molecule has 0 aliphatic carbocycles. The van der Waals surface area contributed by atoms with Crippen LogP contribution in [0.5, 0.6) is 0 Å². The molecule has 0 bridgehead atoms. The van der Waals surface area contributed by atoms with Gasteiger partial charge in [-0.3, -0.25) is 4.79 Å². The second-order valence-corrected chi connectivity index (χ2v) is 5.82. The van der Waals surface area contributed by atoms with Crippen molar-refractivity contribution >= 4 is 11.6 Å². The molecule has 1 amide bonds. The predicted octanol–water partition coefficient (Wildman–Crippen LogP) is 5.42. The molecule has 1 aromatic carbocycles. The number of rotatable bonds is 11. The molecule has 0 heterocycles. The van der Waals surface area contributed by atoms with Gasteiger partial charge in [0.15, 0.2) is 0 Å². The SMILES string of the molecule is CCCCCCCCCCCC(=O)Nc1ccc(C#N)cc1. The van der Waals surface area contributed by atoms with E-state index in [-0.39, 0.29) is 5.91 Å². The molecule has 0 saturated heterocycles. The maximum Gasteiger partial charge on any atom is 0.224 e. The monoisotopic (exact) mass is 300 g/mol. The number of carbonyl (C=O) groups is 1. The van der Waals surface area contributed by atoms with Gasteiger partial charge >= 0.3 is 0 Å². The fourth-order valence-corrected chi connectivity index (χ4v) is 2.45. The van der Waals surface area contributed by atoms with E-state index in [1.807, 2.05) is 0 Å². The predicted molar refractivity (Wildman–Crippen MR) is 91.6 cm³/mol. The number of amides is 1. The molecule has 3 heteroatoms. The van der Waals surface area contributed by atoms with E-state index in [0.29, 0.717) is 12.0 Å². The van der Waals surface area contributed by atoms with Crippen molar-refractivity contribution in [2.24, 2.45) is 0 Å². The molecule has 0 saturated carbocycles. The number of benzene rings is 1. The van der Waals surface area contributed by atoms with E-state index >= 15 is 0 Å². The highest BCUT2D eigenvalue weighted by atomic mass is 16.1. The van der Waals surface area contributed by atoms with Crippen LogP contribution in [-0.4, -0.2) is 5.91 Å². The van der Waals surface area contributed by atoms with Gasteiger partial charge < -0.3 is 5.32 Å². The summed E-state index contributed by atoms with van der Waals surface area (Å²) in [5.74, 6) is 0.0626. The Hall–Kier alpha value is -1.82. The third kappa shape index (κ3) is 8.46. The van der Waals surface area contributed by atoms with E-state index in [1.165, 1.54) is 44.9 Å². The summed E-state index contributed by atoms with van der Waals surface area (Å²) < 4.78 is 0. The molecule has 0 fully saturated rings. The lowest BCUT2D eigenvalue weighted by molar-refractivity contribution is -0.116. The Morgan fingerprint density at radius 2 is 1.50 bits per heavy atom. The van der Waals surface area contributed by atoms with E-state index in [9.17, 15) is 4.79 Å². The van der Waals surface area contributed by atoms with Crippen LogP contribution in [0, 0.1) is 11.3 Å². The number of nitrogens with zero attached hydrogens (tertiary/aromatic N) is 1. The lowest BCUT2D eigenvalue weighted by Crippen LogP contribution is -2.10. The van der Waals surface area contributed by atoms with Crippen molar-refractivity contribution in [3.05, 3.63) is 29.8 Å². The normalized spacial score (nSPS) is 10.2. The molecule has 0 aromatic heterocycles. The smallest absolute Gasteiger partial charge is 0.224 e. The quantitative estimate of drug-likeness (QED) is 0.555. The van der Waals surface area contributed by atoms with Crippen LogP contribution >= 0.6 is 0 Å². The van der Waals surface area contributed by atoms with Crippen LogP contribution in [0.25, 0.3) is 0 Å². The van der Waals surface area contributed by atoms with Crippen molar-refractivity contribution in [1.29, 1.82) is 5.26 Å². The van der Waals surface area contributed by atoms with Crippen molar-refractivity contribution < 1.29 is 4.79 Å². The molecule has 120 valence electrons. The Morgan fingerprint density at radius 1 is 0.955 bits per heavy atom. The topological polar surface area (TPSA) is 52.9 Å². The van der Waals surface area contributed by atoms with Gasteiger partial charge in [0.05, 0.1) is 11.6 Å². The summed E-state index contributed by atoms with van der Waals surface area (Å²) in [5.41, 5.74) is 1.37. The fourth-order valence-electron chi connectivity index (χ4n) is 2.45. The summed E-state index contributed by atoms with van der Waals surface area (Å²) in [6.07, 6.45) is 11.9. The summed E-state index contributed by atoms with van der Waals surface area (Å²) >= 11 is 0. The summed E-state index contributed by atoms with van der Waals surface area (Å²) in [7, 11) is 0. The van der Waals surface area contributed by atoms with Gasteiger partial charge in [0.25, 0.3) is 0 Å². The second kappa shape index (κ2) is 11.8. The van der Waals surface area contributed by atoms with E-state index in [0.717, 1.165) is 18.5 Å². The minimum atomic E-state index is 0.0626. The van der Waals surface area contributed by atoms with Crippen LogP contribution in [-0.2, 0) is 4.79 Å². The van der Waals surface area contributed by atoms with Gasteiger partial charge in [0, 0.05) is 12.1 Å². The third-order valence-electron chi connectivity index (χ3n) is 3.81. The Labute approximate surface area is 134 Å². The summed E-state index contributed by atoms with van der Waals surface area (Å²) in [4.78, 5) is 11.8. The molecule has 0 aliphatic heterocycles. The van der Waals surface area contributed by atoms with Gasteiger partial charge in [-0.05, 0) is 30.7 Å². The number of nitrogens with one attached hydrogen (secondary N) is 1. The minimum Gasteiger partial charge on any atom is -0.326 e. The zero-order chi connectivity index (χ0) is 16.0. The lowest BCUT2D eigenvalue weighted by atomic mass is 10.1. The Bertz CT molecular complexity index is 459. The first-order chi connectivity index (χ1) is 10.8. The van der Waals surface area contributed by atoms with Crippen LogP contribution in [0.2, 0.25) is 0 Å². The van der Waals surface area contributed by atoms with Crippen LogP contribution in [0.4, 0.5) is 5.69 Å². The van der Waals surface area contributed by atoms with Crippen LogP contribution in [0.3, 0.4) is 0 Å². The summed E-state index contributed by atoms with van der Waals surface area (Å²) in [6.45, 7) is 2.24. The number of unbranched alkanes of at least 4 members (excludes halogenated alkanes) is 8. The first kappa shape index (κ1) is 18.2. The summed E-state index contributed by atoms with van der Waals surface area (Å²) in [6, 6.07) is 9.04. The van der Waals surface area contributed by atoms with Gasteiger partial charge in [-0.15, -0.1) is 0 Å². The van der Waals surface area contributed by atoms with E-state index in [2.05, 4.69) is 18.3 Å². The molecule has 3 nitrogen and oxygen atoms in total. The molecular weight excluding hydrogens is 272 g/mol. The zero-order valence-electron chi connectivity index (χ0n) is 13.7. The molecule has 0 radical (unpaired) electrons. The van der Waals surface area contributed by atoms with E-state index in [1.54, 1.807) is 24.3 Å². The maximum atomic E-state index is 11.8. The zero-order valence-corrected chi connectivity index (χ0v) is 13.7. The molecule has 1 aromatic rings. The standard InChI is InChI=1S/C19H28N2O/c1-2-3-4-5-6-7-8-9-10-11-19(22)21-18-14-12-17(16-20)13-15-18/h12-15H,2-11H2,1H3,(H,21,22). The highest BCUT2D eigenvalue weighted by molar-refractivity contribution is 5.90. The third-order valence-corrected chi connectivity index (χ3v) is 3.81. The summed E-state index contributed by atoms with van der Waals surface area (Å²) in [5, 5.41) is 11.6. The van der Waals surface area contributed by atoms with Gasteiger partial charge in [-0.25, -0.2) is 0 Å². The number of nitriles is 1. The fraction of sp³-hybridized carbons (Fsp3) is 0.579. The Kier molecular flexibility index (Phi) is 9.78. The Balaban J connectivity index is 2.02. The molecule has 0 aliphatic rings. The van der Waals surface area contributed by atoms with E-state index in [4.69, 9.17) is 5.26 Å². The van der Waals surface area contributed by atoms with Crippen molar-refractivity contribution in [2.75, 3.05) is 5.32 Å². The first-order valence-electron chi connectivity index (χ1n) is 8.56. The van der Waals surface area contributed by atoms with Gasteiger partial charge in [-0.1, -0.05) is 58.3 Å². The van der Waals surface area contributed by atoms with Gasteiger partial charge in [0.1, 0.15) is 0 Å². The average Bonchev–Trinajstić information content (AvgIpc) is 2.54. The van der Waals surface area contributed by atoms with Gasteiger partial charge in [-0.2, -0.15) is 5.26 Å². The Morgan fingerprint density at radius 3 is 2.05 bits per heavy atom. The van der Waals surface area contributed by atoms with Crippen molar-refractivity contribution in [3.8, 4) is 6.07 Å². The number of hydrogen-bond donors (Lipinski definition) is 1. The van der Waals surface area contributed by atoms with Crippen molar-refractivity contribution in [2.45, 2.75) is 71.1 Å². The molecule has 22 heavy (non-hydrogen) atoms. The lowest BCUT2D eigenvalue weighted by Gasteiger charge is -2.05. The average molecular weight is 300 g/mol. The highest BCUT2D eigenvalue weighted by Gasteiger charge is 2.02. The molecule has 1 rings (SSSR count). The number of carbonyl (C=O) groups excluding carboxylic acids is 1. The molecule has 0 atom stereocenters. The van der Waals surface area contributed by atoms with Crippen LogP contribution in [0.1, 0.15) is 76.7 Å². The molecule has 1 N–H and O–H groups in total. The van der Waals surface area contributed by atoms with E-state index < -0.39 is 0 Å².